The average Bonchev–Trinajstić information content (AvgIpc) is 2.59. The number of hydrogen-bond acceptors (Lipinski definition) is 2. The van der Waals surface area contributed by atoms with Crippen molar-refractivity contribution in [3.8, 4) is 5.75 Å². The molecule has 2 aromatic rings. The zero-order valence-corrected chi connectivity index (χ0v) is 16.3. The van der Waals surface area contributed by atoms with Crippen molar-refractivity contribution in [1.82, 2.24) is 0 Å². The van der Waals surface area contributed by atoms with E-state index in [-0.39, 0.29) is 28.7 Å². The number of alkyl halides is 6. The fourth-order valence-electron chi connectivity index (χ4n) is 3.16. The highest BCUT2D eigenvalue weighted by Gasteiger charge is 2.56. The highest BCUT2D eigenvalue weighted by atomic mass is 19.4. The van der Waals surface area contributed by atoms with E-state index in [1.807, 2.05) is 0 Å². The second-order valence-corrected chi connectivity index (χ2v) is 7.60. The van der Waals surface area contributed by atoms with E-state index in [1.165, 1.54) is 0 Å². The summed E-state index contributed by atoms with van der Waals surface area (Å²) in [6.07, 6.45) is -9.94. The number of rotatable bonds is 4. The highest BCUT2D eigenvalue weighted by Crippen LogP contribution is 2.47. The van der Waals surface area contributed by atoms with Gasteiger partial charge in [0.2, 0.25) is 5.60 Å². The molecule has 0 aliphatic carbocycles. The Morgan fingerprint density at radius 3 is 1.38 bits per heavy atom. The van der Waals surface area contributed by atoms with E-state index in [2.05, 4.69) is 0 Å². The van der Waals surface area contributed by atoms with Gasteiger partial charge in [0.15, 0.2) is 0 Å². The summed E-state index contributed by atoms with van der Waals surface area (Å²) in [5.74, 6) is -0.856. The molecule has 8 heteroatoms. The minimum absolute atomic E-state index is 0.157. The lowest BCUT2D eigenvalue weighted by Crippen LogP contribution is -2.43. The van der Waals surface area contributed by atoms with Crippen LogP contribution in [0.2, 0.25) is 0 Å². The Morgan fingerprint density at radius 1 is 0.690 bits per heavy atom. The molecular formula is C21H22F6O2. The normalized spacial score (nSPS) is 15.1. The predicted molar refractivity (Wildman–Crippen MR) is 96.8 cm³/mol. The average molecular weight is 420 g/mol. The number of phenolic OH excluding ortho intramolecular Hbond substituents is 1. The van der Waals surface area contributed by atoms with Gasteiger partial charge in [-0.15, -0.1) is 0 Å². The maximum atomic E-state index is 14.0. The molecule has 2 rings (SSSR count). The Kier molecular flexibility index (Phi) is 6.01. The molecule has 2 aromatic carbocycles. The van der Waals surface area contributed by atoms with Crippen LogP contribution in [0.4, 0.5) is 26.3 Å². The molecule has 2 N–H and O–H groups in total. The van der Waals surface area contributed by atoms with E-state index in [0.717, 1.165) is 12.1 Å². The SMILES string of the molecule is CC(C)c1cc(C(O)(c2ccc(C(F)(F)F)cc2)C(F)(F)F)cc(C(C)C)c1O. The van der Waals surface area contributed by atoms with Gasteiger partial charge in [0.1, 0.15) is 5.75 Å². The second-order valence-electron chi connectivity index (χ2n) is 7.60. The van der Waals surface area contributed by atoms with Gasteiger partial charge in [-0.25, -0.2) is 0 Å². The molecular weight excluding hydrogens is 398 g/mol. The first-order chi connectivity index (χ1) is 13.1. The summed E-state index contributed by atoms with van der Waals surface area (Å²) in [4.78, 5) is 0. The highest BCUT2D eigenvalue weighted by molar-refractivity contribution is 5.51. The zero-order chi connectivity index (χ0) is 22.4. The van der Waals surface area contributed by atoms with Crippen molar-refractivity contribution in [1.29, 1.82) is 0 Å². The number of hydrogen-bond donors (Lipinski definition) is 2. The summed E-state index contributed by atoms with van der Waals surface area (Å²) >= 11 is 0. The van der Waals surface area contributed by atoms with Gasteiger partial charge in [-0.2, -0.15) is 26.3 Å². The lowest BCUT2D eigenvalue weighted by Gasteiger charge is -2.33. The topological polar surface area (TPSA) is 40.5 Å². The van der Waals surface area contributed by atoms with Gasteiger partial charge in [-0.05, 0) is 58.4 Å². The molecule has 160 valence electrons. The van der Waals surface area contributed by atoms with Crippen molar-refractivity contribution in [2.45, 2.75) is 57.5 Å². The maximum Gasteiger partial charge on any atom is 0.425 e. The molecule has 0 amide bonds. The van der Waals surface area contributed by atoms with Crippen LogP contribution in [0.15, 0.2) is 36.4 Å². The first-order valence-corrected chi connectivity index (χ1v) is 8.94. The third-order valence-corrected chi connectivity index (χ3v) is 4.87. The van der Waals surface area contributed by atoms with Crippen molar-refractivity contribution in [3.05, 3.63) is 64.2 Å². The monoisotopic (exact) mass is 420 g/mol. The Labute approximate surface area is 164 Å². The van der Waals surface area contributed by atoms with Gasteiger partial charge < -0.3 is 10.2 Å². The van der Waals surface area contributed by atoms with E-state index >= 15 is 0 Å². The van der Waals surface area contributed by atoms with Gasteiger partial charge in [-0.1, -0.05) is 39.8 Å². The van der Waals surface area contributed by atoms with E-state index in [4.69, 9.17) is 0 Å². The van der Waals surface area contributed by atoms with Gasteiger partial charge in [0, 0.05) is 0 Å². The first kappa shape index (κ1) is 23.1. The Bertz CT molecular complexity index is 837. The standard InChI is InChI=1S/C21H22F6O2/c1-11(2)16-9-15(10-17(12(3)4)18(16)28)19(29,21(25,26)27)13-5-7-14(8-6-13)20(22,23)24/h5-12,28-29H,1-4H3. The number of halogens is 6. The predicted octanol–water partition coefficient (Wildman–Crippen LogP) is 6.46. The molecule has 0 aliphatic rings. The number of benzene rings is 2. The molecule has 0 fully saturated rings. The van der Waals surface area contributed by atoms with Gasteiger partial charge in [-0.3, -0.25) is 0 Å². The summed E-state index contributed by atoms with van der Waals surface area (Å²) in [5.41, 5.74) is -5.55. The lowest BCUT2D eigenvalue weighted by atomic mass is 9.81. The molecule has 0 saturated carbocycles. The molecule has 29 heavy (non-hydrogen) atoms. The quantitative estimate of drug-likeness (QED) is 0.558. The third-order valence-electron chi connectivity index (χ3n) is 4.87. The van der Waals surface area contributed by atoms with Crippen LogP contribution < -0.4 is 0 Å². The van der Waals surface area contributed by atoms with Crippen LogP contribution >= 0.6 is 0 Å². The summed E-state index contributed by atoms with van der Waals surface area (Å²) in [6, 6.07) is 4.34. The molecule has 0 spiro atoms. The van der Waals surface area contributed by atoms with E-state index < -0.39 is 34.6 Å². The van der Waals surface area contributed by atoms with Crippen molar-refractivity contribution in [3.63, 3.8) is 0 Å². The fourth-order valence-corrected chi connectivity index (χ4v) is 3.16. The van der Waals surface area contributed by atoms with Crippen LogP contribution in [0, 0.1) is 0 Å². The lowest BCUT2D eigenvalue weighted by molar-refractivity contribution is -0.248. The smallest absolute Gasteiger partial charge is 0.425 e. The minimum Gasteiger partial charge on any atom is -0.507 e. The minimum atomic E-state index is -5.22. The molecule has 1 unspecified atom stereocenters. The fraction of sp³-hybridized carbons (Fsp3) is 0.429. The van der Waals surface area contributed by atoms with E-state index in [9.17, 15) is 36.6 Å². The van der Waals surface area contributed by atoms with Gasteiger partial charge >= 0.3 is 12.4 Å². The van der Waals surface area contributed by atoms with Gasteiger partial charge in [0.05, 0.1) is 5.56 Å². The Morgan fingerprint density at radius 2 is 1.07 bits per heavy atom. The second kappa shape index (κ2) is 7.55. The van der Waals surface area contributed by atoms with Crippen molar-refractivity contribution in [2.75, 3.05) is 0 Å². The number of phenols is 1. The van der Waals surface area contributed by atoms with Crippen molar-refractivity contribution < 1.29 is 36.6 Å². The molecule has 0 saturated heterocycles. The molecule has 0 bridgehead atoms. The van der Waals surface area contributed by atoms with Crippen LogP contribution in [0.1, 0.15) is 67.3 Å². The van der Waals surface area contributed by atoms with Crippen LogP contribution in [-0.4, -0.2) is 16.4 Å². The van der Waals surface area contributed by atoms with Crippen molar-refractivity contribution in [2.24, 2.45) is 0 Å². The number of aliphatic hydroxyl groups is 1. The third kappa shape index (κ3) is 4.22. The Hall–Kier alpha value is -2.22. The maximum absolute atomic E-state index is 14.0. The van der Waals surface area contributed by atoms with Crippen molar-refractivity contribution >= 4 is 0 Å². The van der Waals surface area contributed by atoms with Gasteiger partial charge in [0.25, 0.3) is 0 Å². The largest absolute Gasteiger partial charge is 0.507 e. The molecule has 0 aliphatic heterocycles. The van der Waals surface area contributed by atoms with E-state index in [1.54, 1.807) is 27.7 Å². The molecule has 0 radical (unpaired) electrons. The summed E-state index contributed by atoms with van der Waals surface area (Å²) in [7, 11) is 0. The van der Waals surface area contributed by atoms with Crippen LogP contribution in [0.3, 0.4) is 0 Å². The summed E-state index contributed by atoms with van der Waals surface area (Å²) < 4.78 is 80.5. The van der Waals surface area contributed by atoms with Crippen LogP contribution in [0.5, 0.6) is 5.75 Å². The number of aromatic hydroxyl groups is 1. The molecule has 0 heterocycles. The van der Waals surface area contributed by atoms with Crippen LogP contribution in [0.25, 0.3) is 0 Å². The summed E-state index contributed by atoms with van der Waals surface area (Å²) in [5, 5.41) is 21.2. The van der Waals surface area contributed by atoms with E-state index in [0.29, 0.717) is 24.3 Å². The summed E-state index contributed by atoms with van der Waals surface area (Å²) in [6.45, 7) is 6.70. The molecule has 2 nitrogen and oxygen atoms in total. The Balaban J connectivity index is 2.80. The zero-order valence-electron chi connectivity index (χ0n) is 16.3. The first-order valence-electron chi connectivity index (χ1n) is 8.94. The molecule has 1 atom stereocenters. The van der Waals surface area contributed by atoms with Crippen LogP contribution in [-0.2, 0) is 11.8 Å². The molecule has 0 aromatic heterocycles.